The fraction of sp³-hybridized carbons (Fsp3) is 0.273. The van der Waals surface area contributed by atoms with Gasteiger partial charge in [-0.2, -0.15) is 12.6 Å². The highest BCUT2D eigenvalue weighted by Crippen LogP contribution is 2.09. The molecule has 0 aromatic heterocycles. The first-order chi connectivity index (χ1) is 5.88. The van der Waals surface area contributed by atoms with Crippen LogP contribution in [0.5, 0.6) is 0 Å². The third kappa shape index (κ3) is 2.32. The Morgan fingerprint density at radius 3 is 2.75 bits per heavy atom. The Morgan fingerprint density at radius 1 is 1.33 bits per heavy atom. The summed E-state index contributed by atoms with van der Waals surface area (Å²) in [5.41, 5.74) is 2.27. The van der Waals surface area contributed by atoms with Crippen molar-refractivity contribution in [3.05, 3.63) is 35.4 Å². The molecule has 1 aromatic carbocycles. The largest absolute Gasteiger partial charge is 0.179 e. The van der Waals surface area contributed by atoms with Crippen molar-refractivity contribution in [1.82, 2.24) is 0 Å². The third-order valence-electron chi connectivity index (χ3n) is 1.78. The van der Waals surface area contributed by atoms with Crippen molar-refractivity contribution in [3.63, 3.8) is 0 Å². The molecule has 62 valence electrons. The van der Waals surface area contributed by atoms with Crippen LogP contribution in [0, 0.1) is 12.3 Å². The highest BCUT2D eigenvalue weighted by molar-refractivity contribution is 7.80. The molecular weight excluding hydrogens is 164 g/mol. The Labute approximate surface area is 79.4 Å². The van der Waals surface area contributed by atoms with Gasteiger partial charge >= 0.3 is 0 Å². The average Bonchev–Trinajstić information content (AvgIpc) is 2.15. The molecule has 0 amide bonds. The van der Waals surface area contributed by atoms with Crippen LogP contribution in [0.25, 0.3) is 0 Å². The Kier molecular flexibility index (Phi) is 3.76. The third-order valence-corrected chi connectivity index (χ3v) is 2.09. The summed E-state index contributed by atoms with van der Waals surface area (Å²) in [5.74, 6) is 3.60. The number of terminal acetylenes is 1. The van der Waals surface area contributed by atoms with E-state index in [-0.39, 0.29) is 0 Å². The number of benzene rings is 1. The summed E-state index contributed by atoms with van der Waals surface area (Å²) in [5, 5.41) is 0. The minimum absolute atomic E-state index is 0.916. The number of thiol groups is 1. The van der Waals surface area contributed by atoms with Gasteiger partial charge in [0.2, 0.25) is 0 Å². The SMILES string of the molecule is C#Cc1ccccc1CCCS. The van der Waals surface area contributed by atoms with E-state index < -0.39 is 0 Å². The first kappa shape index (κ1) is 9.22. The number of hydrogen-bond donors (Lipinski definition) is 1. The fourth-order valence-electron chi connectivity index (χ4n) is 1.15. The summed E-state index contributed by atoms with van der Waals surface area (Å²) >= 11 is 4.16. The maximum atomic E-state index is 5.35. The Hall–Kier alpha value is -0.870. The van der Waals surface area contributed by atoms with E-state index in [1.807, 2.05) is 18.2 Å². The van der Waals surface area contributed by atoms with Gasteiger partial charge in [0.1, 0.15) is 0 Å². The highest BCUT2D eigenvalue weighted by Gasteiger charge is 1.96. The molecule has 0 aliphatic carbocycles. The minimum Gasteiger partial charge on any atom is -0.179 e. The van der Waals surface area contributed by atoms with Crippen LogP contribution in [0.4, 0.5) is 0 Å². The predicted octanol–water partition coefficient (Wildman–Crippen LogP) is 2.53. The summed E-state index contributed by atoms with van der Waals surface area (Å²) < 4.78 is 0. The van der Waals surface area contributed by atoms with Gasteiger partial charge in [-0.05, 0) is 30.2 Å². The molecule has 0 bridgehead atoms. The predicted molar refractivity (Wildman–Crippen MR) is 56.6 cm³/mol. The topological polar surface area (TPSA) is 0 Å². The van der Waals surface area contributed by atoms with Gasteiger partial charge in [0.25, 0.3) is 0 Å². The lowest BCUT2D eigenvalue weighted by atomic mass is 10.0. The second-order valence-electron chi connectivity index (χ2n) is 2.63. The van der Waals surface area contributed by atoms with Crippen molar-refractivity contribution < 1.29 is 0 Å². The van der Waals surface area contributed by atoms with Gasteiger partial charge in [-0.1, -0.05) is 24.1 Å². The summed E-state index contributed by atoms with van der Waals surface area (Å²) in [6, 6.07) is 8.06. The van der Waals surface area contributed by atoms with Gasteiger partial charge in [-0.25, -0.2) is 0 Å². The van der Waals surface area contributed by atoms with Crippen LogP contribution in [-0.2, 0) is 6.42 Å². The van der Waals surface area contributed by atoms with E-state index in [0.717, 1.165) is 24.2 Å². The Bertz CT molecular complexity index is 283. The van der Waals surface area contributed by atoms with E-state index in [4.69, 9.17) is 6.42 Å². The summed E-state index contributed by atoms with van der Waals surface area (Å²) in [7, 11) is 0. The smallest absolute Gasteiger partial charge is 0.0274 e. The van der Waals surface area contributed by atoms with Gasteiger partial charge < -0.3 is 0 Å². The monoisotopic (exact) mass is 176 g/mol. The molecule has 1 heteroatoms. The lowest BCUT2D eigenvalue weighted by Crippen LogP contribution is -1.90. The first-order valence-electron chi connectivity index (χ1n) is 4.04. The Balaban J connectivity index is 2.77. The molecule has 0 saturated heterocycles. The zero-order valence-corrected chi connectivity index (χ0v) is 7.85. The van der Waals surface area contributed by atoms with Crippen molar-refractivity contribution in [3.8, 4) is 12.3 Å². The average molecular weight is 176 g/mol. The van der Waals surface area contributed by atoms with Crippen LogP contribution < -0.4 is 0 Å². The molecule has 1 rings (SSSR count). The maximum Gasteiger partial charge on any atom is 0.0274 e. The van der Waals surface area contributed by atoms with Gasteiger partial charge in [-0.15, -0.1) is 6.42 Å². The van der Waals surface area contributed by atoms with E-state index in [1.165, 1.54) is 5.56 Å². The standard InChI is InChI=1S/C11H12S/c1-2-10-6-3-4-7-11(10)8-5-9-12/h1,3-4,6-7,12H,5,8-9H2. The summed E-state index contributed by atoms with van der Waals surface area (Å²) in [6.45, 7) is 0. The van der Waals surface area contributed by atoms with Crippen molar-refractivity contribution in [2.24, 2.45) is 0 Å². The minimum atomic E-state index is 0.916. The Morgan fingerprint density at radius 2 is 2.08 bits per heavy atom. The molecule has 12 heavy (non-hydrogen) atoms. The van der Waals surface area contributed by atoms with Crippen LogP contribution in [0.3, 0.4) is 0 Å². The van der Waals surface area contributed by atoms with E-state index in [9.17, 15) is 0 Å². The molecule has 0 atom stereocenters. The van der Waals surface area contributed by atoms with Crippen LogP contribution >= 0.6 is 12.6 Å². The molecule has 1 aromatic rings. The molecule has 0 spiro atoms. The first-order valence-corrected chi connectivity index (χ1v) is 4.67. The van der Waals surface area contributed by atoms with Crippen molar-refractivity contribution in [2.45, 2.75) is 12.8 Å². The quantitative estimate of drug-likeness (QED) is 0.531. The normalized spacial score (nSPS) is 9.33. The van der Waals surface area contributed by atoms with Crippen molar-refractivity contribution in [1.29, 1.82) is 0 Å². The molecule has 0 saturated carbocycles. The van der Waals surface area contributed by atoms with Crippen LogP contribution in [-0.4, -0.2) is 5.75 Å². The summed E-state index contributed by atoms with van der Waals surface area (Å²) in [4.78, 5) is 0. The molecule has 0 unspecified atom stereocenters. The molecule has 0 aliphatic rings. The molecule has 0 aliphatic heterocycles. The number of aryl methyl sites for hydroxylation is 1. The van der Waals surface area contributed by atoms with Gasteiger partial charge in [0.05, 0.1) is 0 Å². The van der Waals surface area contributed by atoms with E-state index in [1.54, 1.807) is 0 Å². The lowest BCUT2D eigenvalue weighted by molar-refractivity contribution is 0.933. The lowest BCUT2D eigenvalue weighted by Gasteiger charge is -2.01. The zero-order valence-electron chi connectivity index (χ0n) is 6.96. The number of rotatable bonds is 3. The molecule has 0 radical (unpaired) electrons. The van der Waals surface area contributed by atoms with Crippen LogP contribution in [0.15, 0.2) is 24.3 Å². The molecular formula is C11H12S. The second kappa shape index (κ2) is 4.90. The van der Waals surface area contributed by atoms with E-state index >= 15 is 0 Å². The van der Waals surface area contributed by atoms with Gasteiger partial charge in [0, 0.05) is 5.56 Å². The molecule has 0 fully saturated rings. The highest BCUT2D eigenvalue weighted by atomic mass is 32.1. The van der Waals surface area contributed by atoms with Gasteiger partial charge in [0.15, 0.2) is 0 Å². The summed E-state index contributed by atoms with van der Waals surface area (Å²) in [6.07, 6.45) is 7.47. The maximum absolute atomic E-state index is 5.35. The van der Waals surface area contributed by atoms with Crippen molar-refractivity contribution in [2.75, 3.05) is 5.75 Å². The fourth-order valence-corrected chi connectivity index (χ4v) is 1.31. The van der Waals surface area contributed by atoms with Gasteiger partial charge in [-0.3, -0.25) is 0 Å². The van der Waals surface area contributed by atoms with E-state index in [2.05, 4.69) is 24.6 Å². The van der Waals surface area contributed by atoms with E-state index in [0.29, 0.717) is 0 Å². The molecule has 0 N–H and O–H groups in total. The number of hydrogen-bond acceptors (Lipinski definition) is 1. The molecule has 0 nitrogen and oxygen atoms in total. The second-order valence-corrected chi connectivity index (χ2v) is 3.08. The van der Waals surface area contributed by atoms with Crippen LogP contribution in [0.1, 0.15) is 17.5 Å². The zero-order chi connectivity index (χ0) is 8.81. The van der Waals surface area contributed by atoms with Crippen molar-refractivity contribution >= 4 is 12.6 Å². The molecule has 0 heterocycles. The van der Waals surface area contributed by atoms with Crippen LogP contribution in [0.2, 0.25) is 0 Å².